The van der Waals surface area contributed by atoms with Gasteiger partial charge in [-0.2, -0.15) is 5.26 Å². The lowest BCUT2D eigenvalue weighted by Gasteiger charge is -2.09. The first-order valence-corrected chi connectivity index (χ1v) is 8.77. The summed E-state index contributed by atoms with van der Waals surface area (Å²) in [7, 11) is 0. The van der Waals surface area contributed by atoms with Crippen LogP contribution in [0.2, 0.25) is 4.34 Å². The molecule has 0 radical (unpaired) electrons. The molecule has 0 fully saturated rings. The molecule has 1 amide bonds. The Morgan fingerprint density at radius 3 is 2.86 bits per heavy atom. The molecule has 3 nitrogen and oxygen atoms in total. The highest BCUT2D eigenvalue weighted by molar-refractivity contribution is 7.17. The van der Waals surface area contributed by atoms with Gasteiger partial charge in [0.1, 0.15) is 11.1 Å². The van der Waals surface area contributed by atoms with Crippen LogP contribution in [0.3, 0.4) is 0 Å². The lowest BCUT2D eigenvalue weighted by molar-refractivity contribution is -0.115. The minimum absolute atomic E-state index is 0.0939. The fourth-order valence-electron chi connectivity index (χ4n) is 2.55. The van der Waals surface area contributed by atoms with Gasteiger partial charge in [-0.15, -0.1) is 22.7 Å². The number of carbonyl (C=O) groups excluding carboxylic acids is 1. The number of fused-ring (bicyclic) bond motifs is 1. The van der Waals surface area contributed by atoms with Crippen LogP contribution in [0.5, 0.6) is 0 Å². The fourth-order valence-corrected chi connectivity index (χ4v) is 4.89. The summed E-state index contributed by atoms with van der Waals surface area (Å²) < 4.78 is 0.683. The number of nitriles is 1. The topological polar surface area (TPSA) is 52.9 Å². The third-order valence-corrected chi connectivity index (χ3v) is 5.94. The Morgan fingerprint density at radius 1 is 1.33 bits per heavy atom. The Bertz CT molecular complexity index is 727. The lowest BCUT2D eigenvalue weighted by atomic mass is 9.96. The normalized spacial score (nSPS) is 13.5. The molecule has 0 saturated heterocycles. The van der Waals surface area contributed by atoms with Crippen molar-refractivity contribution in [1.29, 1.82) is 5.26 Å². The highest BCUT2D eigenvalue weighted by Gasteiger charge is 2.21. The van der Waals surface area contributed by atoms with E-state index >= 15 is 0 Å². The Balaban J connectivity index is 1.77. The average Bonchev–Trinajstić information content (AvgIpc) is 3.01. The van der Waals surface area contributed by atoms with Crippen molar-refractivity contribution < 1.29 is 4.79 Å². The van der Waals surface area contributed by atoms with Crippen LogP contribution in [0.4, 0.5) is 5.00 Å². The number of anilines is 1. The summed E-state index contributed by atoms with van der Waals surface area (Å²) in [6.07, 6.45) is 4.56. The van der Waals surface area contributed by atoms with Gasteiger partial charge < -0.3 is 5.32 Å². The van der Waals surface area contributed by atoms with Crippen molar-refractivity contribution in [3.63, 3.8) is 0 Å². The largest absolute Gasteiger partial charge is 0.316 e. The van der Waals surface area contributed by atoms with Crippen molar-refractivity contribution in [2.24, 2.45) is 0 Å². The number of rotatable bonds is 3. The molecule has 0 bridgehead atoms. The first-order chi connectivity index (χ1) is 10.2. The number of hydrogen-bond acceptors (Lipinski definition) is 4. The van der Waals surface area contributed by atoms with Gasteiger partial charge in [-0.25, -0.2) is 0 Å². The molecule has 1 aliphatic carbocycles. The molecule has 2 heterocycles. The lowest BCUT2D eigenvalue weighted by Crippen LogP contribution is -2.13. The molecule has 0 spiro atoms. The fraction of sp³-hybridized carbons (Fsp3) is 0.333. The SMILES string of the molecule is N#Cc1c(NC(=O)Cc2ccc(Cl)s2)sc2c1CCCC2. The molecule has 108 valence electrons. The van der Waals surface area contributed by atoms with Gasteiger partial charge in [-0.3, -0.25) is 4.79 Å². The van der Waals surface area contributed by atoms with Crippen LogP contribution in [-0.4, -0.2) is 5.91 Å². The molecule has 0 saturated carbocycles. The second-order valence-electron chi connectivity index (χ2n) is 4.96. The number of aryl methyl sites for hydroxylation is 1. The average molecular weight is 337 g/mol. The summed E-state index contributed by atoms with van der Waals surface area (Å²) in [5.41, 5.74) is 1.80. The molecule has 0 aromatic carbocycles. The summed E-state index contributed by atoms with van der Waals surface area (Å²) in [6.45, 7) is 0. The van der Waals surface area contributed by atoms with Crippen molar-refractivity contribution in [3.05, 3.63) is 37.4 Å². The van der Waals surface area contributed by atoms with E-state index < -0.39 is 0 Å². The molecule has 0 aliphatic heterocycles. The summed E-state index contributed by atoms with van der Waals surface area (Å²) in [5, 5.41) is 13.0. The van der Waals surface area contributed by atoms with Crippen LogP contribution in [0.1, 0.15) is 33.7 Å². The summed E-state index contributed by atoms with van der Waals surface area (Å²) in [4.78, 5) is 14.3. The van der Waals surface area contributed by atoms with Gasteiger partial charge in [0.05, 0.1) is 16.3 Å². The Morgan fingerprint density at radius 2 is 2.14 bits per heavy atom. The van der Waals surface area contributed by atoms with E-state index in [9.17, 15) is 10.1 Å². The van der Waals surface area contributed by atoms with Gasteiger partial charge in [-0.05, 0) is 43.4 Å². The van der Waals surface area contributed by atoms with E-state index in [1.165, 1.54) is 22.6 Å². The number of carbonyl (C=O) groups is 1. The first kappa shape index (κ1) is 14.6. The molecule has 2 aromatic rings. The van der Waals surface area contributed by atoms with Crippen LogP contribution in [0.25, 0.3) is 0 Å². The zero-order valence-electron chi connectivity index (χ0n) is 11.2. The van der Waals surface area contributed by atoms with E-state index in [1.54, 1.807) is 17.4 Å². The Labute approximate surface area is 136 Å². The van der Waals surface area contributed by atoms with Crippen molar-refractivity contribution in [2.75, 3.05) is 5.32 Å². The predicted octanol–water partition coefficient (Wildman–Crippen LogP) is 4.39. The highest BCUT2D eigenvalue weighted by atomic mass is 35.5. The summed E-state index contributed by atoms with van der Waals surface area (Å²) >= 11 is 8.83. The third kappa shape index (κ3) is 3.13. The maximum atomic E-state index is 12.1. The van der Waals surface area contributed by atoms with Crippen LogP contribution in [0.15, 0.2) is 12.1 Å². The van der Waals surface area contributed by atoms with Crippen LogP contribution < -0.4 is 5.32 Å². The van der Waals surface area contributed by atoms with Gasteiger partial charge in [0, 0.05) is 9.75 Å². The molecular formula is C15H13ClN2OS2. The van der Waals surface area contributed by atoms with Crippen LogP contribution in [0, 0.1) is 11.3 Å². The minimum Gasteiger partial charge on any atom is -0.316 e. The molecule has 0 atom stereocenters. The molecule has 0 unspecified atom stereocenters. The van der Waals surface area contributed by atoms with E-state index in [2.05, 4.69) is 11.4 Å². The second kappa shape index (κ2) is 6.18. The summed E-state index contributed by atoms with van der Waals surface area (Å²) in [6, 6.07) is 5.90. The smallest absolute Gasteiger partial charge is 0.230 e. The van der Waals surface area contributed by atoms with Crippen molar-refractivity contribution in [2.45, 2.75) is 32.1 Å². The highest BCUT2D eigenvalue weighted by Crippen LogP contribution is 2.37. The van der Waals surface area contributed by atoms with E-state index in [1.807, 2.05) is 6.07 Å². The first-order valence-electron chi connectivity index (χ1n) is 6.76. The Kier molecular flexibility index (Phi) is 4.29. The van der Waals surface area contributed by atoms with Gasteiger partial charge in [0.2, 0.25) is 5.91 Å². The summed E-state index contributed by atoms with van der Waals surface area (Å²) in [5.74, 6) is -0.0939. The number of nitrogens with one attached hydrogen (secondary N) is 1. The maximum absolute atomic E-state index is 12.1. The second-order valence-corrected chi connectivity index (χ2v) is 7.86. The van der Waals surface area contributed by atoms with Crippen molar-refractivity contribution in [1.82, 2.24) is 0 Å². The van der Waals surface area contributed by atoms with E-state index in [4.69, 9.17) is 11.6 Å². The number of amides is 1. The minimum atomic E-state index is -0.0939. The molecular weight excluding hydrogens is 324 g/mol. The quantitative estimate of drug-likeness (QED) is 0.903. The predicted molar refractivity (Wildman–Crippen MR) is 87.3 cm³/mol. The van der Waals surface area contributed by atoms with E-state index in [-0.39, 0.29) is 5.91 Å². The van der Waals surface area contributed by atoms with Gasteiger partial charge in [0.15, 0.2) is 0 Å². The number of halogens is 1. The zero-order chi connectivity index (χ0) is 14.8. The standard InChI is InChI=1S/C15H13ClN2OS2/c16-13-6-5-9(20-13)7-14(19)18-15-11(8-17)10-3-1-2-4-12(10)21-15/h5-6H,1-4,7H2,(H,18,19). The Hall–Kier alpha value is -1.35. The molecule has 1 N–H and O–H groups in total. The van der Waals surface area contributed by atoms with Crippen molar-refractivity contribution in [3.8, 4) is 6.07 Å². The number of hydrogen-bond donors (Lipinski definition) is 1. The molecule has 1 aliphatic rings. The monoisotopic (exact) mass is 336 g/mol. The van der Waals surface area contributed by atoms with Crippen molar-refractivity contribution >= 4 is 45.2 Å². The maximum Gasteiger partial charge on any atom is 0.230 e. The van der Waals surface area contributed by atoms with Gasteiger partial charge in [0.25, 0.3) is 0 Å². The van der Waals surface area contributed by atoms with Crippen LogP contribution in [-0.2, 0) is 24.1 Å². The van der Waals surface area contributed by atoms with E-state index in [0.29, 0.717) is 21.3 Å². The zero-order valence-corrected chi connectivity index (χ0v) is 13.6. The number of thiophene rings is 2. The third-order valence-electron chi connectivity index (χ3n) is 3.50. The molecule has 6 heteroatoms. The van der Waals surface area contributed by atoms with E-state index in [0.717, 1.165) is 29.7 Å². The molecule has 2 aromatic heterocycles. The van der Waals surface area contributed by atoms with Gasteiger partial charge in [-0.1, -0.05) is 11.6 Å². The number of nitrogens with zero attached hydrogens (tertiary/aromatic N) is 1. The van der Waals surface area contributed by atoms with Gasteiger partial charge >= 0.3 is 0 Å². The molecule has 3 rings (SSSR count). The molecule has 21 heavy (non-hydrogen) atoms. The van der Waals surface area contributed by atoms with Crippen LogP contribution >= 0.6 is 34.3 Å².